The average Bonchev–Trinajstić information content (AvgIpc) is 2.55. The largest absolute Gasteiger partial charge is 0.271 e. The lowest BCUT2D eigenvalue weighted by Crippen LogP contribution is -2.15. The van der Waals surface area contributed by atoms with E-state index < -0.39 is 0 Å². The molecule has 0 radical (unpaired) electrons. The molecule has 0 N–H and O–H groups in total. The minimum absolute atomic E-state index is 0.213. The van der Waals surface area contributed by atoms with E-state index in [2.05, 4.69) is 30.7 Å². The van der Waals surface area contributed by atoms with Crippen LogP contribution in [0.5, 0.6) is 0 Å². The quantitative estimate of drug-likeness (QED) is 0.663. The Morgan fingerprint density at radius 2 is 2.12 bits per heavy atom. The van der Waals surface area contributed by atoms with Gasteiger partial charge < -0.3 is 0 Å². The second kappa shape index (κ2) is 3.64. The Balaban J connectivity index is 2.41. The number of rotatable bonds is 1. The minimum Gasteiger partial charge on any atom is -0.271 e. The summed E-state index contributed by atoms with van der Waals surface area (Å²) in [5.41, 5.74) is 1.76. The molecule has 82 valence electrons. The summed E-state index contributed by atoms with van der Waals surface area (Å²) in [6.45, 7) is 14.4. The van der Waals surface area contributed by atoms with Gasteiger partial charge in [0.15, 0.2) is 5.69 Å². The van der Waals surface area contributed by atoms with E-state index in [0.717, 1.165) is 17.4 Å². The Morgan fingerprint density at radius 3 is 2.75 bits per heavy atom. The van der Waals surface area contributed by atoms with Gasteiger partial charge >= 0.3 is 0 Å². The molecule has 2 rings (SSSR count). The molecule has 16 heavy (non-hydrogen) atoms. The van der Waals surface area contributed by atoms with Gasteiger partial charge in [0.1, 0.15) is 0 Å². The number of hydrogen-bond acceptors (Lipinski definition) is 1. The van der Waals surface area contributed by atoms with Crippen LogP contribution in [0.1, 0.15) is 20.8 Å². The highest BCUT2D eigenvalue weighted by Crippen LogP contribution is 2.22. The first kappa shape index (κ1) is 10.7. The van der Waals surface area contributed by atoms with Crippen molar-refractivity contribution in [2.45, 2.75) is 27.3 Å². The Bertz CT molecular complexity index is 553. The molecule has 0 atom stereocenters. The fourth-order valence-corrected chi connectivity index (χ4v) is 1.69. The Morgan fingerprint density at radius 1 is 1.38 bits per heavy atom. The van der Waals surface area contributed by atoms with Gasteiger partial charge in [0.2, 0.25) is 0 Å². The second-order valence-electron chi connectivity index (χ2n) is 5.24. The van der Waals surface area contributed by atoms with Crippen LogP contribution < -0.4 is 0 Å². The summed E-state index contributed by atoms with van der Waals surface area (Å²) >= 11 is 0. The number of benzene rings is 1. The highest BCUT2D eigenvalue weighted by atomic mass is 15.3. The summed E-state index contributed by atoms with van der Waals surface area (Å²) in [6.07, 6.45) is 2.04. The predicted octanol–water partition coefficient (Wildman–Crippen LogP) is 3.63. The topological polar surface area (TPSA) is 22.2 Å². The molecule has 1 heterocycles. The maximum atomic E-state index is 6.96. The molecule has 1 aromatic heterocycles. The van der Waals surface area contributed by atoms with E-state index in [0.29, 0.717) is 5.69 Å². The highest BCUT2D eigenvalue weighted by molar-refractivity contribution is 5.81. The first-order valence-corrected chi connectivity index (χ1v) is 5.33. The van der Waals surface area contributed by atoms with Gasteiger partial charge in [0, 0.05) is 18.1 Å². The molecule has 0 amide bonds. The Labute approximate surface area is 95.5 Å². The van der Waals surface area contributed by atoms with Crippen molar-refractivity contribution in [2.75, 3.05) is 0 Å². The van der Waals surface area contributed by atoms with Crippen molar-refractivity contribution in [2.24, 2.45) is 5.41 Å². The molecule has 0 aliphatic rings. The van der Waals surface area contributed by atoms with E-state index >= 15 is 0 Å². The lowest BCUT2D eigenvalue weighted by atomic mass is 9.97. The summed E-state index contributed by atoms with van der Waals surface area (Å²) in [7, 11) is 0. The number of aromatic nitrogens is 2. The zero-order valence-corrected chi connectivity index (χ0v) is 9.86. The SMILES string of the molecule is [C-]#[N+]c1ccc2cn(CC(C)(C)C)nc2c1. The monoisotopic (exact) mass is 213 g/mol. The maximum absolute atomic E-state index is 6.96. The van der Waals surface area contributed by atoms with Crippen molar-refractivity contribution >= 4 is 16.6 Å². The molecule has 0 unspecified atom stereocenters. The number of fused-ring (bicyclic) bond motifs is 1. The molecular weight excluding hydrogens is 198 g/mol. The normalized spacial score (nSPS) is 11.6. The van der Waals surface area contributed by atoms with Gasteiger partial charge in [0.05, 0.1) is 12.1 Å². The molecule has 0 saturated carbocycles. The molecule has 0 fully saturated rings. The molecule has 0 saturated heterocycles. The van der Waals surface area contributed by atoms with Crippen molar-refractivity contribution in [1.29, 1.82) is 0 Å². The molecule has 0 aliphatic heterocycles. The molecule has 0 spiro atoms. The van der Waals surface area contributed by atoms with Crippen LogP contribution in [0.15, 0.2) is 24.4 Å². The van der Waals surface area contributed by atoms with Gasteiger partial charge in [-0.2, -0.15) is 5.10 Å². The van der Waals surface area contributed by atoms with Crippen LogP contribution in [0.3, 0.4) is 0 Å². The van der Waals surface area contributed by atoms with Gasteiger partial charge in [-0.05, 0) is 11.5 Å². The number of hydrogen-bond donors (Lipinski definition) is 0. The lowest BCUT2D eigenvalue weighted by Gasteiger charge is -2.17. The van der Waals surface area contributed by atoms with Gasteiger partial charge in [-0.15, -0.1) is 0 Å². The molecule has 3 heteroatoms. The van der Waals surface area contributed by atoms with Gasteiger partial charge in [-0.3, -0.25) is 4.68 Å². The third-order valence-corrected chi connectivity index (χ3v) is 2.30. The third kappa shape index (κ3) is 2.22. The van der Waals surface area contributed by atoms with Crippen molar-refractivity contribution < 1.29 is 0 Å². The van der Waals surface area contributed by atoms with Crippen LogP contribution in [-0.4, -0.2) is 9.78 Å². The minimum atomic E-state index is 0.213. The van der Waals surface area contributed by atoms with Crippen molar-refractivity contribution in [3.8, 4) is 0 Å². The zero-order chi connectivity index (χ0) is 11.8. The van der Waals surface area contributed by atoms with E-state index in [1.165, 1.54) is 0 Å². The van der Waals surface area contributed by atoms with E-state index in [4.69, 9.17) is 6.57 Å². The molecule has 1 aromatic carbocycles. The summed E-state index contributed by atoms with van der Waals surface area (Å²) in [5.74, 6) is 0. The first-order valence-electron chi connectivity index (χ1n) is 5.33. The van der Waals surface area contributed by atoms with Crippen molar-refractivity contribution in [3.05, 3.63) is 35.8 Å². The standard InChI is InChI=1S/C13H15N3/c1-13(2,3)9-16-8-10-5-6-11(14-4)7-12(10)15-16/h5-8H,9H2,1-3H3. The summed E-state index contributed by atoms with van der Waals surface area (Å²) in [5, 5.41) is 5.57. The molecule has 0 aliphatic carbocycles. The molecule has 0 bridgehead atoms. The Hall–Kier alpha value is -1.82. The van der Waals surface area contributed by atoms with Crippen LogP contribution in [0.25, 0.3) is 15.7 Å². The second-order valence-corrected chi connectivity index (χ2v) is 5.24. The van der Waals surface area contributed by atoms with E-state index in [1.54, 1.807) is 0 Å². The van der Waals surface area contributed by atoms with Crippen LogP contribution in [0.2, 0.25) is 0 Å². The first-order chi connectivity index (χ1) is 7.48. The summed E-state index contributed by atoms with van der Waals surface area (Å²) in [4.78, 5) is 3.41. The van der Waals surface area contributed by atoms with Gasteiger partial charge in [-0.1, -0.05) is 32.9 Å². The van der Waals surface area contributed by atoms with Crippen LogP contribution in [-0.2, 0) is 6.54 Å². The third-order valence-electron chi connectivity index (χ3n) is 2.30. The lowest BCUT2D eigenvalue weighted by molar-refractivity contribution is 0.326. The van der Waals surface area contributed by atoms with E-state index in [9.17, 15) is 0 Å². The number of nitrogens with zero attached hydrogens (tertiary/aromatic N) is 3. The van der Waals surface area contributed by atoms with Crippen LogP contribution >= 0.6 is 0 Å². The molecular formula is C13H15N3. The van der Waals surface area contributed by atoms with Crippen molar-refractivity contribution in [3.63, 3.8) is 0 Å². The molecule has 3 nitrogen and oxygen atoms in total. The molecule has 2 aromatic rings. The summed E-state index contributed by atoms with van der Waals surface area (Å²) < 4.78 is 1.96. The summed E-state index contributed by atoms with van der Waals surface area (Å²) in [6, 6.07) is 5.62. The van der Waals surface area contributed by atoms with Gasteiger partial charge in [-0.25, -0.2) is 4.85 Å². The van der Waals surface area contributed by atoms with E-state index in [1.807, 2.05) is 29.1 Å². The predicted molar refractivity (Wildman–Crippen MR) is 65.5 cm³/mol. The Kier molecular flexibility index (Phi) is 2.43. The zero-order valence-electron chi connectivity index (χ0n) is 9.86. The van der Waals surface area contributed by atoms with E-state index in [-0.39, 0.29) is 5.41 Å². The van der Waals surface area contributed by atoms with Crippen LogP contribution in [0.4, 0.5) is 5.69 Å². The van der Waals surface area contributed by atoms with Crippen molar-refractivity contribution in [1.82, 2.24) is 9.78 Å². The average molecular weight is 213 g/mol. The fraction of sp³-hybridized carbons (Fsp3) is 0.385. The van der Waals surface area contributed by atoms with Gasteiger partial charge in [0.25, 0.3) is 0 Å². The fourth-order valence-electron chi connectivity index (χ4n) is 1.69. The highest BCUT2D eigenvalue weighted by Gasteiger charge is 2.12. The smallest absolute Gasteiger partial charge is 0.189 e. The van der Waals surface area contributed by atoms with Crippen LogP contribution in [0, 0.1) is 12.0 Å². The maximum Gasteiger partial charge on any atom is 0.189 e.